The zero-order chi connectivity index (χ0) is 12.3. The van der Waals surface area contributed by atoms with Crippen molar-refractivity contribution in [2.24, 2.45) is 0 Å². The van der Waals surface area contributed by atoms with Gasteiger partial charge in [0, 0.05) is 0 Å². The van der Waals surface area contributed by atoms with Gasteiger partial charge in [-0.2, -0.15) is 0 Å². The molecule has 92 valence electrons. The van der Waals surface area contributed by atoms with Crippen molar-refractivity contribution in [2.45, 2.75) is 31.8 Å². The maximum atomic E-state index is 11.6. The van der Waals surface area contributed by atoms with Gasteiger partial charge in [-0.15, -0.1) is 0 Å². The lowest BCUT2D eigenvalue weighted by Gasteiger charge is -2.14. The van der Waals surface area contributed by atoms with E-state index in [2.05, 4.69) is 9.72 Å². The SMILES string of the molecule is COC(=O)c1cc(N)cnc1OC1CCCC1. The molecule has 0 aliphatic heterocycles. The molecule has 1 aliphatic carbocycles. The summed E-state index contributed by atoms with van der Waals surface area (Å²) in [7, 11) is 1.32. The van der Waals surface area contributed by atoms with Crippen molar-refractivity contribution < 1.29 is 14.3 Å². The number of nitrogens with zero attached hydrogens (tertiary/aromatic N) is 1. The quantitative estimate of drug-likeness (QED) is 0.809. The maximum absolute atomic E-state index is 11.6. The lowest BCUT2D eigenvalue weighted by atomic mass is 10.2. The monoisotopic (exact) mass is 236 g/mol. The number of hydrogen-bond donors (Lipinski definition) is 1. The molecule has 0 amide bonds. The van der Waals surface area contributed by atoms with Gasteiger partial charge in [-0.25, -0.2) is 9.78 Å². The Labute approximate surface area is 99.9 Å². The fourth-order valence-corrected chi connectivity index (χ4v) is 1.98. The highest BCUT2D eigenvalue weighted by molar-refractivity contribution is 5.92. The Morgan fingerprint density at radius 3 is 2.82 bits per heavy atom. The lowest BCUT2D eigenvalue weighted by Crippen LogP contribution is -2.15. The van der Waals surface area contributed by atoms with Crippen LogP contribution >= 0.6 is 0 Å². The van der Waals surface area contributed by atoms with Gasteiger partial charge in [-0.05, 0) is 31.7 Å². The number of pyridine rings is 1. The van der Waals surface area contributed by atoms with Crippen LogP contribution in [0.1, 0.15) is 36.0 Å². The molecule has 0 saturated heterocycles. The van der Waals surface area contributed by atoms with Gasteiger partial charge in [0.15, 0.2) is 0 Å². The molecule has 1 aromatic rings. The molecule has 17 heavy (non-hydrogen) atoms. The zero-order valence-corrected chi connectivity index (χ0v) is 9.81. The van der Waals surface area contributed by atoms with E-state index >= 15 is 0 Å². The van der Waals surface area contributed by atoms with Crippen LogP contribution in [-0.2, 0) is 4.74 Å². The van der Waals surface area contributed by atoms with E-state index in [1.165, 1.54) is 19.4 Å². The number of hydrogen-bond acceptors (Lipinski definition) is 5. The van der Waals surface area contributed by atoms with Gasteiger partial charge in [0.2, 0.25) is 5.88 Å². The molecule has 0 spiro atoms. The summed E-state index contributed by atoms with van der Waals surface area (Å²) in [6.07, 6.45) is 5.96. The average molecular weight is 236 g/mol. The number of ether oxygens (including phenoxy) is 2. The summed E-state index contributed by atoms with van der Waals surface area (Å²) in [6.45, 7) is 0. The van der Waals surface area contributed by atoms with Crippen molar-refractivity contribution in [3.63, 3.8) is 0 Å². The van der Waals surface area contributed by atoms with Gasteiger partial charge < -0.3 is 15.2 Å². The van der Waals surface area contributed by atoms with Crippen LogP contribution in [0.15, 0.2) is 12.3 Å². The molecule has 0 atom stereocenters. The first-order chi connectivity index (χ1) is 8.20. The second kappa shape index (κ2) is 5.03. The third-order valence-corrected chi connectivity index (χ3v) is 2.86. The number of esters is 1. The van der Waals surface area contributed by atoms with E-state index in [1.54, 1.807) is 0 Å². The Morgan fingerprint density at radius 1 is 1.47 bits per heavy atom. The molecule has 1 saturated carbocycles. The number of aromatic nitrogens is 1. The topological polar surface area (TPSA) is 74.4 Å². The van der Waals surface area contributed by atoms with Gasteiger partial charge in [0.25, 0.3) is 0 Å². The van der Waals surface area contributed by atoms with E-state index in [0.717, 1.165) is 25.7 Å². The molecule has 1 aromatic heterocycles. The molecule has 2 N–H and O–H groups in total. The average Bonchev–Trinajstić information content (AvgIpc) is 2.83. The first kappa shape index (κ1) is 11.7. The molecule has 5 heteroatoms. The second-order valence-corrected chi connectivity index (χ2v) is 4.14. The molecule has 2 rings (SSSR count). The molecule has 1 aliphatic rings. The van der Waals surface area contributed by atoms with Crippen LogP contribution in [0.4, 0.5) is 5.69 Å². The number of methoxy groups -OCH3 is 1. The fraction of sp³-hybridized carbons (Fsp3) is 0.500. The number of rotatable bonds is 3. The van der Waals surface area contributed by atoms with Crippen LogP contribution < -0.4 is 10.5 Å². The van der Waals surface area contributed by atoms with Gasteiger partial charge in [0.1, 0.15) is 11.7 Å². The Kier molecular flexibility index (Phi) is 3.46. The van der Waals surface area contributed by atoms with Crippen molar-refractivity contribution in [1.82, 2.24) is 4.98 Å². The maximum Gasteiger partial charge on any atom is 0.343 e. The Hall–Kier alpha value is -1.78. The van der Waals surface area contributed by atoms with Crippen molar-refractivity contribution in [1.29, 1.82) is 0 Å². The predicted octanol–water partition coefficient (Wildman–Crippen LogP) is 1.77. The molecule has 1 fully saturated rings. The molecule has 0 radical (unpaired) electrons. The highest BCUT2D eigenvalue weighted by Gasteiger charge is 2.21. The van der Waals surface area contributed by atoms with E-state index < -0.39 is 5.97 Å². The van der Waals surface area contributed by atoms with Gasteiger partial charge >= 0.3 is 5.97 Å². The normalized spacial score (nSPS) is 15.8. The Balaban J connectivity index is 2.22. The zero-order valence-electron chi connectivity index (χ0n) is 9.81. The first-order valence-corrected chi connectivity index (χ1v) is 5.71. The summed E-state index contributed by atoms with van der Waals surface area (Å²) in [5.41, 5.74) is 6.31. The number of carbonyl (C=O) groups is 1. The number of anilines is 1. The molecule has 0 unspecified atom stereocenters. The number of nitrogens with two attached hydrogens (primary N) is 1. The third kappa shape index (κ3) is 2.67. The van der Waals surface area contributed by atoms with Crippen LogP contribution in [0, 0.1) is 0 Å². The highest BCUT2D eigenvalue weighted by Crippen LogP contribution is 2.26. The summed E-state index contributed by atoms with van der Waals surface area (Å²) in [6, 6.07) is 1.53. The Morgan fingerprint density at radius 2 is 2.18 bits per heavy atom. The van der Waals surface area contributed by atoms with Crippen molar-refractivity contribution in [3.8, 4) is 5.88 Å². The first-order valence-electron chi connectivity index (χ1n) is 5.71. The number of carbonyl (C=O) groups excluding carboxylic acids is 1. The summed E-state index contributed by atoms with van der Waals surface area (Å²) < 4.78 is 10.4. The molecule has 0 aromatic carbocycles. The molecule has 5 nitrogen and oxygen atoms in total. The van der Waals surface area contributed by atoms with Gasteiger partial charge in [-0.3, -0.25) is 0 Å². The molecular weight excluding hydrogens is 220 g/mol. The summed E-state index contributed by atoms with van der Waals surface area (Å²) in [5.74, 6) is -0.157. The van der Waals surface area contributed by atoms with Crippen molar-refractivity contribution >= 4 is 11.7 Å². The number of nitrogen functional groups attached to an aromatic ring is 1. The Bertz CT molecular complexity index is 414. The second-order valence-electron chi connectivity index (χ2n) is 4.14. The van der Waals surface area contributed by atoms with Gasteiger partial charge in [0.05, 0.1) is 19.0 Å². The van der Waals surface area contributed by atoms with E-state index in [9.17, 15) is 4.79 Å². The molecule has 1 heterocycles. The van der Waals surface area contributed by atoms with Crippen LogP contribution in [0.25, 0.3) is 0 Å². The van der Waals surface area contributed by atoms with Crippen LogP contribution in [0.2, 0.25) is 0 Å². The molecular formula is C12H16N2O3. The van der Waals surface area contributed by atoms with Crippen LogP contribution in [0.3, 0.4) is 0 Å². The van der Waals surface area contributed by atoms with Crippen LogP contribution in [0.5, 0.6) is 5.88 Å². The van der Waals surface area contributed by atoms with E-state index in [4.69, 9.17) is 10.5 Å². The standard InChI is InChI=1S/C12H16N2O3/c1-16-12(15)10-6-8(13)7-14-11(10)17-9-4-2-3-5-9/h6-7,9H,2-5,13H2,1H3. The highest BCUT2D eigenvalue weighted by atomic mass is 16.5. The lowest BCUT2D eigenvalue weighted by molar-refractivity contribution is 0.0591. The minimum atomic E-state index is -0.474. The van der Waals surface area contributed by atoms with Crippen LogP contribution in [-0.4, -0.2) is 24.2 Å². The van der Waals surface area contributed by atoms with E-state index in [1.807, 2.05) is 0 Å². The third-order valence-electron chi connectivity index (χ3n) is 2.86. The summed E-state index contributed by atoms with van der Waals surface area (Å²) in [5, 5.41) is 0. The van der Waals surface area contributed by atoms with Gasteiger partial charge in [-0.1, -0.05) is 0 Å². The minimum Gasteiger partial charge on any atom is -0.474 e. The largest absolute Gasteiger partial charge is 0.474 e. The summed E-state index contributed by atoms with van der Waals surface area (Å²) in [4.78, 5) is 15.6. The predicted molar refractivity (Wildman–Crippen MR) is 62.9 cm³/mol. The molecule has 0 bridgehead atoms. The van der Waals surface area contributed by atoms with E-state index in [-0.39, 0.29) is 6.10 Å². The fourth-order valence-electron chi connectivity index (χ4n) is 1.98. The minimum absolute atomic E-state index is 0.148. The van der Waals surface area contributed by atoms with E-state index in [0.29, 0.717) is 17.1 Å². The van der Waals surface area contributed by atoms with Crippen molar-refractivity contribution in [3.05, 3.63) is 17.8 Å². The van der Waals surface area contributed by atoms with Crippen molar-refractivity contribution in [2.75, 3.05) is 12.8 Å². The smallest absolute Gasteiger partial charge is 0.343 e. The summed E-state index contributed by atoms with van der Waals surface area (Å²) >= 11 is 0.